The number of fused-ring (bicyclic) bond motifs is 1. The predicted octanol–water partition coefficient (Wildman–Crippen LogP) is 1.03. The standard InChI is InChI=1S/C14H20N4O2/c1-2-18-8-10(7-16-18)6-15-11-3-4-14-12(5-11)13(9-19)17-20-14/h7-8,11,15,19H,2-6,9H2,1H3. The van der Waals surface area contributed by atoms with Gasteiger partial charge in [0, 0.05) is 42.9 Å². The Hall–Kier alpha value is -1.66. The molecule has 3 rings (SSSR count). The zero-order valence-corrected chi connectivity index (χ0v) is 11.7. The Bertz CT molecular complexity index is 562. The van der Waals surface area contributed by atoms with E-state index in [-0.39, 0.29) is 6.61 Å². The summed E-state index contributed by atoms with van der Waals surface area (Å²) in [6, 6.07) is 0.400. The van der Waals surface area contributed by atoms with E-state index in [1.807, 2.05) is 10.9 Å². The molecule has 2 aromatic rings. The Morgan fingerprint density at radius 2 is 2.45 bits per heavy atom. The van der Waals surface area contributed by atoms with Crippen molar-refractivity contribution in [3.05, 3.63) is 35.0 Å². The van der Waals surface area contributed by atoms with Gasteiger partial charge in [0.25, 0.3) is 0 Å². The van der Waals surface area contributed by atoms with Gasteiger partial charge in [-0.15, -0.1) is 0 Å². The van der Waals surface area contributed by atoms with E-state index < -0.39 is 0 Å². The average molecular weight is 276 g/mol. The molecular weight excluding hydrogens is 256 g/mol. The zero-order chi connectivity index (χ0) is 13.9. The van der Waals surface area contributed by atoms with Gasteiger partial charge in [0.2, 0.25) is 0 Å². The monoisotopic (exact) mass is 276 g/mol. The van der Waals surface area contributed by atoms with Crippen LogP contribution in [0.2, 0.25) is 0 Å². The second-order valence-electron chi connectivity index (χ2n) is 5.21. The maximum Gasteiger partial charge on any atom is 0.140 e. The number of nitrogens with one attached hydrogen (secondary N) is 1. The highest BCUT2D eigenvalue weighted by Gasteiger charge is 2.25. The second-order valence-corrected chi connectivity index (χ2v) is 5.21. The van der Waals surface area contributed by atoms with Crippen LogP contribution >= 0.6 is 0 Å². The van der Waals surface area contributed by atoms with E-state index >= 15 is 0 Å². The van der Waals surface area contributed by atoms with Gasteiger partial charge in [0.05, 0.1) is 12.8 Å². The van der Waals surface area contributed by atoms with Crippen LogP contribution in [0.4, 0.5) is 0 Å². The third kappa shape index (κ3) is 2.62. The van der Waals surface area contributed by atoms with Crippen molar-refractivity contribution in [1.29, 1.82) is 0 Å². The van der Waals surface area contributed by atoms with Crippen LogP contribution < -0.4 is 5.32 Å². The molecule has 108 valence electrons. The van der Waals surface area contributed by atoms with Crippen LogP contribution in [0.25, 0.3) is 0 Å². The topological polar surface area (TPSA) is 76.1 Å². The van der Waals surface area contributed by atoms with Crippen LogP contribution in [-0.2, 0) is 32.5 Å². The highest BCUT2D eigenvalue weighted by molar-refractivity contribution is 5.26. The summed E-state index contributed by atoms with van der Waals surface area (Å²) in [5, 5.41) is 21.0. The zero-order valence-electron chi connectivity index (χ0n) is 11.7. The minimum atomic E-state index is -0.0468. The molecule has 2 heterocycles. The lowest BCUT2D eigenvalue weighted by molar-refractivity contribution is 0.265. The molecule has 0 saturated heterocycles. The van der Waals surface area contributed by atoms with E-state index in [0.717, 1.165) is 43.7 Å². The summed E-state index contributed by atoms with van der Waals surface area (Å²) >= 11 is 0. The van der Waals surface area contributed by atoms with Crippen molar-refractivity contribution in [1.82, 2.24) is 20.3 Å². The van der Waals surface area contributed by atoms with Crippen LogP contribution in [0.1, 0.15) is 35.9 Å². The number of aryl methyl sites for hydroxylation is 2. The van der Waals surface area contributed by atoms with Gasteiger partial charge in [0.1, 0.15) is 11.5 Å². The lowest BCUT2D eigenvalue weighted by atomic mass is 9.92. The Morgan fingerprint density at radius 1 is 1.55 bits per heavy atom. The molecule has 0 aromatic carbocycles. The molecule has 20 heavy (non-hydrogen) atoms. The summed E-state index contributed by atoms with van der Waals surface area (Å²) in [5.74, 6) is 0.936. The number of aliphatic hydroxyl groups is 1. The molecule has 0 spiro atoms. The first-order chi connectivity index (χ1) is 9.80. The van der Waals surface area contributed by atoms with E-state index in [2.05, 4.69) is 28.7 Å². The molecule has 0 saturated carbocycles. The van der Waals surface area contributed by atoms with Crippen molar-refractivity contribution in [3.63, 3.8) is 0 Å². The van der Waals surface area contributed by atoms with Gasteiger partial charge in [-0.2, -0.15) is 5.10 Å². The quantitative estimate of drug-likeness (QED) is 0.853. The van der Waals surface area contributed by atoms with Gasteiger partial charge in [0.15, 0.2) is 0 Å². The molecule has 0 fully saturated rings. The maximum absolute atomic E-state index is 9.25. The molecule has 0 bridgehead atoms. The summed E-state index contributed by atoms with van der Waals surface area (Å²) in [4.78, 5) is 0. The molecule has 2 aromatic heterocycles. The molecular formula is C14H20N4O2. The van der Waals surface area contributed by atoms with Crippen LogP contribution in [0.15, 0.2) is 16.9 Å². The van der Waals surface area contributed by atoms with Gasteiger partial charge in [-0.3, -0.25) is 4.68 Å². The number of nitrogens with zero attached hydrogens (tertiary/aromatic N) is 3. The third-order valence-corrected chi connectivity index (χ3v) is 3.88. The molecule has 0 amide bonds. The predicted molar refractivity (Wildman–Crippen MR) is 73.0 cm³/mol. The van der Waals surface area contributed by atoms with Gasteiger partial charge < -0.3 is 14.9 Å². The average Bonchev–Trinajstić information content (AvgIpc) is 3.11. The highest BCUT2D eigenvalue weighted by Crippen LogP contribution is 2.24. The van der Waals surface area contributed by atoms with E-state index in [1.165, 1.54) is 5.56 Å². The molecule has 1 unspecified atom stereocenters. The minimum Gasteiger partial charge on any atom is -0.390 e. The number of aliphatic hydroxyl groups excluding tert-OH is 1. The van der Waals surface area contributed by atoms with Crippen molar-refractivity contribution in [2.24, 2.45) is 0 Å². The van der Waals surface area contributed by atoms with Crippen LogP contribution in [-0.4, -0.2) is 26.1 Å². The van der Waals surface area contributed by atoms with Crippen LogP contribution in [0.5, 0.6) is 0 Å². The molecule has 0 radical (unpaired) electrons. The van der Waals surface area contributed by atoms with Gasteiger partial charge in [-0.1, -0.05) is 5.16 Å². The maximum atomic E-state index is 9.25. The summed E-state index contributed by atoms with van der Waals surface area (Å²) in [6.07, 6.45) is 6.77. The van der Waals surface area contributed by atoms with E-state index in [9.17, 15) is 5.11 Å². The smallest absolute Gasteiger partial charge is 0.140 e. The lowest BCUT2D eigenvalue weighted by Crippen LogP contribution is -2.34. The first-order valence-corrected chi connectivity index (χ1v) is 7.12. The highest BCUT2D eigenvalue weighted by atomic mass is 16.5. The Morgan fingerprint density at radius 3 is 3.20 bits per heavy atom. The molecule has 1 aliphatic carbocycles. The second kappa shape index (κ2) is 5.76. The largest absolute Gasteiger partial charge is 0.390 e. The number of hydrogen-bond acceptors (Lipinski definition) is 5. The SMILES string of the molecule is CCn1cc(CNC2CCc3onc(CO)c3C2)cn1. The molecule has 2 N–H and O–H groups in total. The van der Waals surface area contributed by atoms with Gasteiger partial charge in [-0.25, -0.2) is 0 Å². The molecule has 6 heteroatoms. The Labute approximate surface area is 117 Å². The van der Waals surface area contributed by atoms with Crippen molar-refractivity contribution < 1.29 is 9.63 Å². The minimum absolute atomic E-state index is 0.0468. The summed E-state index contributed by atoms with van der Waals surface area (Å²) in [7, 11) is 0. The van der Waals surface area contributed by atoms with Crippen molar-refractivity contribution in [3.8, 4) is 0 Å². The normalized spacial score (nSPS) is 18.2. The summed E-state index contributed by atoms with van der Waals surface area (Å²) in [5.41, 5.74) is 2.97. The third-order valence-electron chi connectivity index (χ3n) is 3.88. The molecule has 1 atom stereocenters. The number of rotatable bonds is 5. The molecule has 0 aliphatic heterocycles. The first kappa shape index (κ1) is 13.3. The summed E-state index contributed by atoms with van der Waals surface area (Å²) in [6.45, 7) is 3.75. The Kier molecular flexibility index (Phi) is 3.84. The van der Waals surface area contributed by atoms with Gasteiger partial charge in [-0.05, 0) is 19.8 Å². The van der Waals surface area contributed by atoms with E-state index in [0.29, 0.717) is 11.7 Å². The first-order valence-electron chi connectivity index (χ1n) is 7.12. The number of hydrogen-bond donors (Lipinski definition) is 2. The van der Waals surface area contributed by atoms with E-state index in [1.54, 1.807) is 0 Å². The van der Waals surface area contributed by atoms with E-state index in [4.69, 9.17) is 4.52 Å². The Balaban J connectivity index is 1.59. The fraction of sp³-hybridized carbons (Fsp3) is 0.571. The lowest BCUT2D eigenvalue weighted by Gasteiger charge is -2.22. The van der Waals surface area contributed by atoms with Crippen LogP contribution in [0, 0.1) is 0 Å². The summed E-state index contributed by atoms with van der Waals surface area (Å²) < 4.78 is 7.19. The fourth-order valence-electron chi connectivity index (χ4n) is 2.69. The van der Waals surface area contributed by atoms with Crippen LogP contribution in [0.3, 0.4) is 0 Å². The van der Waals surface area contributed by atoms with Crippen molar-refractivity contribution in [2.75, 3.05) is 0 Å². The fourth-order valence-corrected chi connectivity index (χ4v) is 2.69. The number of aromatic nitrogens is 3. The molecule has 6 nitrogen and oxygen atoms in total. The van der Waals surface area contributed by atoms with Crippen molar-refractivity contribution in [2.45, 2.75) is 51.9 Å². The van der Waals surface area contributed by atoms with Gasteiger partial charge >= 0.3 is 0 Å². The van der Waals surface area contributed by atoms with Crippen molar-refractivity contribution >= 4 is 0 Å². The molecule has 1 aliphatic rings.